The van der Waals surface area contributed by atoms with Gasteiger partial charge in [0.2, 0.25) is 0 Å². The number of hydrogen-bond acceptors (Lipinski definition) is 3. The largest absolute Gasteiger partial charge is 0.364 e. The summed E-state index contributed by atoms with van der Waals surface area (Å²) in [6, 6.07) is 4.83. The molecule has 0 saturated carbocycles. The van der Waals surface area contributed by atoms with Gasteiger partial charge in [0, 0.05) is 9.86 Å². The molecule has 0 aliphatic rings. The Balaban J connectivity index is 2.82. The molecule has 0 bridgehead atoms. The van der Waals surface area contributed by atoms with Gasteiger partial charge in [0.25, 0.3) is 5.91 Å². The zero-order valence-corrected chi connectivity index (χ0v) is 8.95. The normalized spacial score (nSPS) is 10.5. The van der Waals surface area contributed by atoms with Gasteiger partial charge in [0.1, 0.15) is 0 Å². The third-order valence-electron chi connectivity index (χ3n) is 1.89. The zero-order chi connectivity index (χ0) is 11.0. The van der Waals surface area contributed by atoms with E-state index in [0.717, 1.165) is 0 Å². The minimum atomic E-state index is -0.929. The summed E-state index contributed by atoms with van der Waals surface area (Å²) in [6.45, 7) is 0. The maximum absolute atomic E-state index is 13.7. The van der Waals surface area contributed by atoms with Crippen molar-refractivity contribution in [2.75, 3.05) is 0 Å². The third-order valence-corrected chi connectivity index (χ3v) is 2.39. The molecule has 0 unspecified atom stereocenters. The molecule has 0 atom stereocenters. The van der Waals surface area contributed by atoms with E-state index in [2.05, 4.69) is 26.1 Å². The van der Waals surface area contributed by atoms with Crippen LogP contribution in [0.1, 0.15) is 10.5 Å². The van der Waals surface area contributed by atoms with Crippen LogP contribution < -0.4 is 5.73 Å². The molecule has 2 N–H and O–H groups in total. The summed E-state index contributed by atoms with van der Waals surface area (Å²) in [5.74, 6) is -1.67. The van der Waals surface area contributed by atoms with Crippen molar-refractivity contribution in [1.29, 1.82) is 0 Å². The predicted molar refractivity (Wildman–Crippen MR) is 55.7 cm³/mol. The molecule has 1 aromatic carbocycles. The predicted octanol–water partition coefficient (Wildman–Crippen LogP) is 1.63. The smallest absolute Gasteiger partial charge is 0.272 e. The second-order valence-electron chi connectivity index (χ2n) is 2.89. The van der Waals surface area contributed by atoms with Crippen molar-refractivity contribution in [3.8, 4) is 0 Å². The highest BCUT2D eigenvalue weighted by atomic mass is 79.9. The summed E-state index contributed by atoms with van der Waals surface area (Å²) >= 11 is 3.20. The number of carbonyl (C=O) groups is 1. The van der Waals surface area contributed by atoms with E-state index >= 15 is 0 Å². The van der Waals surface area contributed by atoms with Crippen LogP contribution in [-0.4, -0.2) is 16.1 Å². The van der Waals surface area contributed by atoms with E-state index in [4.69, 9.17) is 5.73 Å². The second-order valence-corrected chi connectivity index (χ2v) is 3.80. The number of hydrogen-bond donors (Lipinski definition) is 1. The fourth-order valence-corrected chi connectivity index (χ4v) is 1.57. The van der Waals surface area contributed by atoms with Crippen molar-refractivity contribution in [3.63, 3.8) is 0 Å². The first-order chi connectivity index (χ1) is 7.09. The molecule has 1 amide bonds. The molecule has 0 fully saturated rings. The van der Waals surface area contributed by atoms with Gasteiger partial charge in [0.15, 0.2) is 11.5 Å². The standard InChI is InChI=1S/C9H5BrFN3O/c10-4-1-2-6-5(3-4)7(11)8(9(12)15)14-13-6/h1-3H,(H2,12,15). The number of carbonyl (C=O) groups excluding carboxylic acids is 1. The highest BCUT2D eigenvalue weighted by molar-refractivity contribution is 9.10. The number of rotatable bonds is 1. The van der Waals surface area contributed by atoms with Gasteiger partial charge in [-0.05, 0) is 18.2 Å². The van der Waals surface area contributed by atoms with Gasteiger partial charge < -0.3 is 5.73 Å². The van der Waals surface area contributed by atoms with Gasteiger partial charge in [-0.1, -0.05) is 15.9 Å². The fourth-order valence-electron chi connectivity index (χ4n) is 1.20. The molecule has 2 rings (SSSR count). The van der Waals surface area contributed by atoms with E-state index in [9.17, 15) is 9.18 Å². The van der Waals surface area contributed by atoms with Crippen molar-refractivity contribution in [1.82, 2.24) is 10.2 Å². The highest BCUT2D eigenvalue weighted by Crippen LogP contribution is 2.21. The monoisotopic (exact) mass is 269 g/mol. The van der Waals surface area contributed by atoms with E-state index in [0.29, 0.717) is 9.99 Å². The van der Waals surface area contributed by atoms with E-state index < -0.39 is 17.4 Å². The van der Waals surface area contributed by atoms with Gasteiger partial charge in [0.05, 0.1) is 5.52 Å². The summed E-state index contributed by atoms with van der Waals surface area (Å²) in [7, 11) is 0. The van der Waals surface area contributed by atoms with E-state index in [1.807, 2.05) is 0 Å². The third kappa shape index (κ3) is 1.68. The number of nitrogens with two attached hydrogens (primary N) is 1. The Morgan fingerprint density at radius 3 is 2.80 bits per heavy atom. The van der Waals surface area contributed by atoms with Crippen LogP contribution in [0.5, 0.6) is 0 Å². The van der Waals surface area contributed by atoms with Crippen LogP contribution in [0.2, 0.25) is 0 Å². The van der Waals surface area contributed by atoms with Gasteiger partial charge in [-0.3, -0.25) is 4.79 Å². The Morgan fingerprint density at radius 2 is 2.13 bits per heavy atom. The summed E-state index contributed by atoms with van der Waals surface area (Å²) in [5.41, 5.74) is 4.88. The topological polar surface area (TPSA) is 68.9 Å². The average molecular weight is 270 g/mol. The molecule has 1 heterocycles. The lowest BCUT2D eigenvalue weighted by molar-refractivity contribution is 0.0990. The van der Waals surface area contributed by atoms with Crippen molar-refractivity contribution < 1.29 is 9.18 Å². The molecular weight excluding hydrogens is 265 g/mol. The lowest BCUT2D eigenvalue weighted by Crippen LogP contribution is -2.16. The molecule has 1 aromatic heterocycles. The van der Waals surface area contributed by atoms with E-state index in [1.165, 1.54) is 6.07 Å². The minimum absolute atomic E-state index is 0.216. The molecule has 6 heteroatoms. The van der Waals surface area contributed by atoms with Crippen LogP contribution in [0.3, 0.4) is 0 Å². The van der Waals surface area contributed by atoms with Crippen LogP contribution in [-0.2, 0) is 0 Å². The van der Waals surface area contributed by atoms with Crippen LogP contribution in [0.25, 0.3) is 10.9 Å². The quantitative estimate of drug-likeness (QED) is 0.856. The van der Waals surface area contributed by atoms with Gasteiger partial charge in [-0.15, -0.1) is 10.2 Å². The van der Waals surface area contributed by atoms with Crippen LogP contribution in [0.15, 0.2) is 22.7 Å². The molecule has 0 radical (unpaired) electrons. The Hall–Kier alpha value is -1.56. The summed E-state index contributed by atoms with van der Waals surface area (Å²) in [4.78, 5) is 10.8. The summed E-state index contributed by atoms with van der Waals surface area (Å²) in [6.07, 6.45) is 0. The first-order valence-corrected chi connectivity index (χ1v) is 4.80. The Kier molecular flexibility index (Phi) is 2.36. The number of fused-ring (bicyclic) bond motifs is 1. The maximum atomic E-state index is 13.7. The number of benzene rings is 1. The van der Waals surface area contributed by atoms with Gasteiger partial charge >= 0.3 is 0 Å². The average Bonchev–Trinajstić information content (AvgIpc) is 2.19. The number of halogens is 2. The molecule has 2 aromatic rings. The SMILES string of the molecule is NC(=O)c1nnc2ccc(Br)cc2c1F. The summed E-state index contributed by atoms with van der Waals surface area (Å²) in [5, 5.41) is 7.33. The van der Waals surface area contributed by atoms with Crippen LogP contribution >= 0.6 is 15.9 Å². The molecule has 0 aliphatic heterocycles. The molecule has 76 valence electrons. The zero-order valence-electron chi connectivity index (χ0n) is 7.37. The molecule has 4 nitrogen and oxygen atoms in total. The second kappa shape index (κ2) is 3.54. The molecular formula is C9H5BrFN3O. The number of nitrogens with zero attached hydrogens (tertiary/aromatic N) is 2. The highest BCUT2D eigenvalue weighted by Gasteiger charge is 2.14. The number of amides is 1. The van der Waals surface area contributed by atoms with Gasteiger partial charge in [-0.2, -0.15) is 0 Å². The first-order valence-electron chi connectivity index (χ1n) is 4.01. The van der Waals surface area contributed by atoms with Crippen molar-refractivity contribution in [2.24, 2.45) is 5.73 Å². The maximum Gasteiger partial charge on any atom is 0.272 e. The Labute approximate surface area is 92.4 Å². The number of aromatic nitrogens is 2. The molecule has 0 spiro atoms. The van der Waals surface area contributed by atoms with Gasteiger partial charge in [-0.25, -0.2) is 4.39 Å². The Morgan fingerprint density at radius 1 is 1.40 bits per heavy atom. The van der Waals surface area contributed by atoms with Crippen molar-refractivity contribution in [2.45, 2.75) is 0 Å². The van der Waals surface area contributed by atoms with E-state index in [-0.39, 0.29) is 5.39 Å². The Bertz CT molecular complexity index is 558. The van der Waals surface area contributed by atoms with Crippen LogP contribution in [0, 0.1) is 5.82 Å². The van der Waals surface area contributed by atoms with E-state index in [1.54, 1.807) is 12.1 Å². The van der Waals surface area contributed by atoms with Crippen molar-refractivity contribution >= 4 is 32.7 Å². The summed E-state index contributed by atoms with van der Waals surface area (Å²) < 4.78 is 14.4. The fraction of sp³-hybridized carbons (Fsp3) is 0. The number of primary amides is 1. The van der Waals surface area contributed by atoms with Crippen LogP contribution in [0.4, 0.5) is 4.39 Å². The molecule has 0 aliphatic carbocycles. The molecule has 15 heavy (non-hydrogen) atoms. The minimum Gasteiger partial charge on any atom is -0.364 e. The first kappa shape index (κ1) is 9.97. The van der Waals surface area contributed by atoms with Crippen molar-refractivity contribution in [3.05, 3.63) is 34.2 Å². The lowest BCUT2D eigenvalue weighted by Gasteiger charge is -2.01. The molecule has 0 saturated heterocycles. The lowest BCUT2D eigenvalue weighted by atomic mass is 10.2.